The lowest BCUT2D eigenvalue weighted by atomic mass is 10.1. The molecule has 3 rings (SSSR count). The number of aromatic nitrogens is 2. The molecule has 1 aliphatic rings. The van der Waals surface area contributed by atoms with E-state index in [4.69, 9.17) is 4.74 Å². The van der Waals surface area contributed by atoms with Gasteiger partial charge in [0, 0.05) is 6.04 Å². The summed E-state index contributed by atoms with van der Waals surface area (Å²) < 4.78 is 5.34. The molecule has 2 aromatic rings. The fraction of sp³-hybridized carbons (Fsp3) is 0.429. The minimum Gasteiger partial charge on any atom is -0.478 e. The molecule has 2 N–H and O–H groups in total. The van der Waals surface area contributed by atoms with E-state index in [1.54, 1.807) is 7.11 Å². The molecule has 19 heavy (non-hydrogen) atoms. The number of nitrogens with zero attached hydrogens (tertiary/aromatic N) is 2. The van der Waals surface area contributed by atoms with Gasteiger partial charge in [0.25, 0.3) is 5.88 Å². The average molecular weight is 258 g/mol. The van der Waals surface area contributed by atoms with E-state index in [1.807, 2.05) is 24.3 Å². The molecule has 5 heteroatoms. The first-order valence-corrected chi connectivity index (χ1v) is 6.65. The fourth-order valence-electron chi connectivity index (χ4n) is 2.38. The Morgan fingerprint density at radius 2 is 1.84 bits per heavy atom. The number of benzene rings is 1. The van der Waals surface area contributed by atoms with Gasteiger partial charge in [-0.3, -0.25) is 0 Å². The van der Waals surface area contributed by atoms with Crippen LogP contribution in [0.3, 0.4) is 0 Å². The van der Waals surface area contributed by atoms with Crippen molar-refractivity contribution in [1.29, 1.82) is 0 Å². The molecule has 1 fully saturated rings. The lowest BCUT2D eigenvalue weighted by Gasteiger charge is -2.24. The van der Waals surface area contributed by atoms with Crippen LogP contribution >= 0.6 is 0 Å². The van der Waals surface area contributed by atoms with Crippen LogP contribution in [0.15, 0.2) is 24.3 Å². The van der Waals surface area contributed by atoms with Crippen molar-refractivity contribution in [3.63, 3.8) is 0 Å². The normalized spacial score (nSPS) is 16.5. The maximum Gasteiger partial charge on any atom is 0.257 e. The van der Waals surface area contributed by atoms with Gasteiger partial charge in [-0.05, 0) is 38.1 Å². The molecule has 1 aromatic heterocycles. The van der Waals surface area contributed by atoms with E-state index in [0.717, 1.165) is 42.8 Å². The van der Waals surface area contributed by atoms with Crippen LogP contribution < -0.4 is 15.4 Å². The smallest absolute Gasteiger partial charge is 0.257 e. The summed E-state index contributed by atoms with van der Waals surface area (Å²) in [6, 6.07) is 8.27. The number of methoxy groups -OCH3 is 1. The van der Waals surface area contributed by atoms with Crippen LogP contribution in [0.5, 0.6) is 5.88 Å². The van der Waals surface area contributed by atoms with Crippen molar-refractivity contribution in [2.45, 2.75) is 18.9 Å². The van der Waals surface area contributed by atoms with Crippen molar-refractivity contribution in [3.8, 4) is 5.88 Å². The standard InChI is InChI=1S/C14H18N4O/c1-19-14-13(16-10-6-8-15-9-7-10)17-11-4-2-3-5-12(11)18-14/h2-5,10,15H,6-9H2,1H3,(H,16,17). The lowest BCUT2D eigenvalue weighted by Crippen LogP contribution is -2.35. The predicted octanol–water partition coefficient (Wildman–Crippen LogP) is 1.80. The Kier molecular flexibility index (Phi) is 3.46. The molecule has 2 heterocycles. The van der Waals surface area contributed by atoms with E-state index in [0.29, 0.717) is 11.9 Å². The van der Waals surface area contributed by atoms with Gasteiger partial charge in [-0.15, -0.1) is 0 Å². The minimum atomic E-state index is 0.436. The zero-order valence-electron chi connectivity index (χ0n) is 11.0. The zero-order chi connectivity index (χ0) is 13.1. The zero-order valence-corrected chi connectivity index (χ0v) is 11.0. The van der Waals surface area contributed by atoms with Crippen LogP contribution in [0.4, 0.5) is 5.82 Å². The van der Waals surface area contributed by atoms with Crippen molar-refractivity contribution in [2.75, 3.05) is 25.5 Å². The van der Waals surface area contributed by atoms with Crippen molar-refractivity contribution in [3.05, 3.63) is 24.3 Å². The second-order valence-electron chi connectivity index (χ2n) is 4.74. The first-order valence-electron chi connectivity index (χ1n) is 6.65. The van der Waals surface area contributed by atoms with E-state index in [-0.39, 0.29) is 0 Å². The third kappa shape index (κ3) is 2.61. The largest absolute Gasteiger partial charge is 0.478 e. The van der Waals surface area contributed by atoms with Crippen LogP contribution in [-0.2, 0) is 0 Å². The van der Waals surface area contributed by atoms with Gasteiger partial charge in [-0.1, -0.05) is 12.1 Å². The van der Waals surface area contributed by atoms with E-state index in [9.17, 15) is 0 Å². The highest BCUT2D eigenvalue weighted by Gasteiger charge is 2.16. The topological polar surface area (TPSA) is 59.1 Å². The molecule has 5 nitrogen and oxygen atoms in total. The molecule has 0 radical (unpaired) electrons. The number of anilines is 1. The summed E-state index contributed by atoms with van der Waals surface area (Å²) in [6.45, 7) is 2.09. The summed E-state index contributed by atoms with van der Waals surface area (Å²) in [7, 11) is 1.63. The van der Waals surface area contributed by atoms with Gasteiger partial charge in [0.15, 0.2) is 5.82 Å². The molecular formula is C14H18N4O. The first kappa shape index (κ1) is 12.2. The Morgan fingerprint density at radius 3 is 2.53 bits per heavy atom. The summed E-state index contributed by atoms with van der Waals surface area (Å²) in [6.07, 6.45) is 2.19. The van der Waals surface area contributed by atoms with Crippen LogP contribution in [-0.4, -0.2) is 36.2 Å². The number of para-hydroxylation sites is 2. The summed E-state index contributed by atoms with van der Waals surface area (Å²) in [5.74, 6) is 1.31. The molecule has 100 valence electrons. The van der Waals surface area contributed by atoms with Crippen LogP contribution in [0.2, 0.25) is 0 Å². The van der Waals surface area contributed by atoms with Crippen LogP contribution in [0.25, 0.3) is 11.0 Å². The van der Waals surface area contributed by atoms with Gasteiger partial charge >= 0.3 is 0 Å². The molecular weight excluding hydrogens is 240 g/mol. The summed E-state index contributed by atoms with van der Waals surface area (Å²) in [5.41, 5.74) is 1.75. The molecule has 0 aliphatic carbocycles. The highest BCUT2D eigenvalue weighted by molar-refractivity contribution is 5.77. The number of nitrogens with one attached hydrogen (secondary N) is 2. The minimum absolute atomic E-state index is 0.436. The summed E-state index contributed by atoms with van der Waals surface area (Å²) in [4.78, 5) is 9.12. The van der Waals surface area contributed by atoms with E-state index >= 15 is 0 Å². The Labute approximate surface area is 112 Å². The number of piperidine rings is 1. The number of fused-ring (bicyclic) bond motifs is 1. The highest BCUT2D eigenvalue weighted by Crippen LogP contribution is 2.24. The summed E-state index contributed by atoms with van der Waals surface area (Å²) in [5, 5.41) is 6.81. The second-order valence-corrected chi connectivity index (χ2v) is 4.74. The maximum absolute atomic E-state index is 5.34. The predicted molar refractivity (Wildman–Crippen MR) is 75.6 cm³/mol. The number of hydrogen-bond acceptors (Lipinski definition) is 5. The lowest BCUT2D eigenvalue weighted by molar-refractivity contribution is 0.397. The Morgan fingerprint density at radius 1 is 1.16 bits per heavy atom. The number of rotatable bonds is 3. The second kappa shape index (κ2) is 5.40. The van der Waals surface area contributed by atoms with Crippen LogP contribution in [0.1, 0.15) is 12.8 Å². The Bertz CT molecular complexity index is 566. The molecule has 1 aliphatic heterocycles. The molecule has 0 bridgehead atoms. The van der Waals surface area contributed by atoms with Gasteiger partial charge in [-0.2, -0.15) is 0 Å². The maximum atomic E-state index is 5.34. The molecule has 1 aromatic carbocycles. The quantitative estimate of drug-likeness (QED) is 0.879. The SMILES string of the molecule is COc1nc2ccccc2nc1NC1CCNCC1. The molecule has 0 spiro atoms. The van der Waals surface area contributed by atoms with E-state index in [1.165, 1.54) is 0 Å². The number of ether oxygens (including phenoxy) is 1. The van der Waals surface area contributed by atoms with Crippen LogP contribution in [0, 0.1) is 0 Å². The summed E-state index contributed by atoms with van der Waals surface area (Å²) >= 11 is 0. The third-order valence-electron chi connectivity index (χ3n) is 3.41. The van der Waals surface area contributed by atoms with Gasteiger partial charge < -0.3 is 15.4 Å². The Balaban J connectivity index is 1.91. The van der Waals surface area contributed by atoms with Gasteiger partial charge in [0.2, 0.25) is 0 Å². The average Bonchev–Trinajstić information content (AvgIpc) is 2.47. The van der Waals surface area contributed by atoms with Gasteiger partial charge in [-0.25, -0.2) is 9.97 Å². The monoisotopic (exact) mass is 258 g/mol. The molecule has 0 saturated carbocycles. The van der Waals surface area contributed by atoms with E-state index in [2.05, 4.69) is 20.6 Å². The fourth-order valence-corrected chi connectivity index (χ4v) is 2.38. The molecule has 0 atom stereocenters. The molecule has 0 unspecified atom stereocenters. The first-order chi connectivity index (χ1) is 9.36. The highest BCUT2D eigenvalue weighted by atomic mass is 16.5. The van der Waals surface area contributed by atoms with E-state index < -0.39 is 0 Å². The number of hydrogen-bond donors (Lipinski definition) is 2. The Hall–Kier alpha value is -1.88. The van der Waals surface area contributed by atoms with Crippen molar-refractivity contribution in [1.82, 2.24) is 15.3 Å². The van der Waals surface area contributed by atoms with Crippen molar-refractivity contribution < 1.29 is 4.74 Å². The van der Waals surface area contributed by atoms with Gasteiger partial charge in [0.05, 0.1) is 18.1 Å². The third-order valence-corrected chi connectivity index (χ3v) is 3.41. The molecule has 0 amide bonds. The van der Waals surface area contributed by atoms with Gasteiger partial charge in [0.1, 0.15) is 0 Å². The molecule has 1 saturated heterocycles. The van der Waals surface area contributed by atoms with Crippen molar-refractivity contribution in [2.24, 2.45) is 0 Å². The van der Waals surface area contributed by atoms with Crippen molar-refractivity contribution >= 4 is 16.9 Å².